The summed E-state index contributed by atoms with van der Waals surface area (Å²) in [6, 6.07) is 9.60. The molecule has 0 spiro atoms. The van der Waals surface area contributed by atoms with Crippen LogP contribution in [-0.2, 0) is 20.9 Å². The van der Waals surface area contributed by atoms with E-state index in [-0.39, 0.29) is 17.8 Å². The van der Waals surface area contributed by atoms with Crippen LogP contribution in [-0.4, -0.2) is 43.0 Å². The van der Waals surface area contributed by atoms with Crippen LogP contribution in [0.15, 0.2) is 30.3 Å². The number of carbonyl (C=O) groups is 2. The van der Waals surface area contributed by atoms with Gasteiger partial charge in [-0.1, -0.05) is 37.3 Å². The minimum atomic E-state index is -0.232. The van der Waals surface area contributed by atoms with Crippen molar-refractivity contribution in [3.63, 3.8) is 0 Å². The molecule has 1 unspecified atom stereocenters. The van der Waals surface area contributed by atoms with Crippen LogP contribution < -0.4 is 5.32 Å². The van der Waals surface area contributed by atoms with Gasteiger partial charge in [0.15, 0.2) is 0 Å². The summed E-state index contributed by atoms with van der Waals surface area (Å²) < 4.78 is 5.29. The van der Waals surface area contributed by atoms with Gasteiger partial charge in [-0.25, -0.2) is 0 Å². The topological polar surface area (TPSA) is 58.6 Å². The monoisotopic (exact) mass is 276 g/mol. The number of ether oxygens (including phenoxy) is 1. The standard InChI is InChI=1S/C15H20N2O3/c1-12(9-17-8-7-16-14(18)10-17)15(19)20-11-13-5-3-2-4-6-13/h2-6,12H,7-11H2,1H3,(H,16,18). The molecule has 0 bridgehead atoms. The van der Waals surface area contributed by atoms with Gasteiger partial charge in [0.25, 0.3) is 0 Å². The lowest BCUT2D eigenvalue weighted by Gasteiger charge is -2.28. The highest BCUT2D eigenvalue weighted by Gasteiger charge is 2.22. The average molecular weight is 276 g/mol. The molecule has 0 aromatic heterocycles. The van der Waals surface area contributed by atoms with Crippen molar-refractivity contribution in [3.8, 4) is 0 Å². The van der Waals surface area contributed by atoms with Gasteiger partial charge >= 0.3 is 5.97 Å². The Bertz CT molecular complexity index is 461. The minimum Gasteiger partial charge on any atom is -0.461 e. The van der Waals surface area contributed by atoms with Crippen molar-refractivity contribution in [3.05, 3.63) is 35.9 Å². The fraction of sp³-hybridized carbons (Fsp3) is 0.467. The summed E-state index contributed by atoms with van der Waals surface area (Å²) in [6.45, 7) is 4.47. The molecule has 1 heterocycles. The van der Waals surface area contributed by atoms with Gasteiger partial charge in [-0.05, 0) is 5.56 Å². The Hall–Kier alpha value is -1.88. The molecule has 1 aromatic rings. The maximum absolute atomic E-state index is 11.9. The van der Waals surface area contributed by atoms with E-state index in [1.54, 1.807) is 0 Å². The summed E-state index contributed by atoms with van der Waals surface area (Å²) in [7, 11) is 0. The van der Waals surface area contributed by atoms with E-state index in [4.69, 9.17) is 4.74 Å². The minimum absolute atomic E-state index is 0.0149. The van der Waals surface area contributed by atoms with Crippen LogP contribution in [0, 0.1) is 5.92 Å². The first kappa shape index (κ1) is 14.5. The first-order valence-electron chi connectivity index (χ1n) is 6.85. The third kappa shape index (κ3) is 4.35. The highest BCUT2D eigenvalue weighted by molar-refractivity contribution is 5.79. The maximum atomic E-state index is 11.9. The molecule has 1 fully saturated rings. The van der Waals surface area contributed by atoms with Crippen LogP contribution in [0.4, 0.5) is 0 Å². The summed E-state index contributed by atoms with van der Waals surface area (Å²) in [5, 5.41) is 2.76. The number of benzene rings is 1. The molecule has 1 aliphatic rings. The molecule has 1 aliphatic heterocycles. The van der Waals surface area contributed by atoms with E-state index in [1.807, 2.05) is 42.2 Å². The van der Waals surface area contributed by atoms with E-state index >= 15 is 0 Å². The van der Waals surface area contributed by atoms with Gasteiger partial charge in [0, 0.05) is 19.6 Å². The molecule has 1 aromatic carbocycles. The number of nitrogens with zero attached hydrogens (tertiary/aromatic N) is 1. The highest BCUT2D eigenvalue weighted by atomic mass is 16.5. The molecule has 1 N–H and O–H groups in total. The highest BCUT2D eigenvalue weighted by Crippen LogP contribution is 2.07. The van der Waals surface area contributed by atoms with E-state index in [9.17, 15) is 9.59 Å². The van der Waals surface area contributed by atoms with Gasteiger partial charge in [-0.15, -0.1) is 0 Å². The molecular formula is C15H20N2O3. The maximum Gasteiger partial charge on any atom is 0.310 e. The lowest BCUT2D eigenvalue weighted by molar-refractivity contribution is -0.150. The van der Waals surface area contributed by atoms with Gasteiger partial charge in [0.1, 0.15) is 6.61 Å². The zero-order chi connectivity index (χ0) is 14.4. The quantitative estimate of drug-likeness (QED) is 0.808. The zero-order valence-corrected chi connectivity index (χ0v) is 11.7. The van der Waals surface area contributed by atoms with Crippen molar-refractivity contribution in [1.29, 1.82) is 0 Å². The first-order chi connectivity index (χ1) is 9.65. The predicted molar refractivity (Wildman–Crippen MR) is 74.9 cm³/mol. The zero-order valence-electron chi connectivity index (χ0n) is 11.7. The molecule has 0 radical (unpaired) electrons. The Morgan fingerprint density at radius 2 is 2.15 bits per heavy atom. The second kappa shape index (κ2) is 7.05. The van der Waals surface area contributed by atoms with Crippen LogP contribution >= 0.6 is 0 Å². The van der Waals surface area contributed by atoms with E-state index in [0.29, 0.717) is 26.2 Å². The van der Waals surface area contributed by atoms with Crippen LogP contribution in [0.3, 0.4) is 0 Å². The third-order valence-corrected chi connectivity index (χ3v) is 3.28. The van der Waals surface area contributed by atoms with Crippen LogP contribution in [0.2, 0.25) is 0 Å². The second-order valence-electron chi connectivity index (χ2n) is 5.08. The SMILES string of the molecule is CC(CN1CCNC(=O)C1)C(=O)OCc1ccccc1. The molecule has 1 amide bonds. The summed E-state index contributed by atoms with van der Waals surface area (Å²) in [4.78, 5) is 25.2. The summed E-state index contributed by atoms with van der Waals surface area (Å²) in [6.07, 6.45) is 0. The Kier molecular flexibility index (Phi) is 5.12. The fourth-order valence-electron chi connectivity index (χ4n) is 2.18. The number of hydrogen-bond acceptors (Lipinski definition) is 4. The van der Waals surface area contributed by atoms with Crippen LogP contribution in [0.25, 0.3) is 0 Å². The first-order valence-corrected chi connectivity index (χ1v) is 6.85. The van der Waals surface area contributed by atoms with Gasteiger partial charge in [0.2, 0.25) is 5.91 Å². The number of piperazine rings is 1. The lowest BCUT2D eigenvalue weighted by atomic mass is 10.1. The Morgan fingerprint density at radius 1 is 1.40 bits per heavy atom. The van der Waals surface area contributed by atoms with Crippen molar-refractivity contribution in [1.82, 2.24) is 10.2 Å². The molecular weight excluding hydrogens is 256 g/mol. The normalized spacial score (nSPS) is 17.4. The van der Waals surface area contributed by atoms with Gasteiger partial charge in [0.05, 0.1) is 12.5 Å². The van der Waals surface area contributed by atoms with Crippen molar-refractivity contribution in [2.75, 3.05) is 26.2 Å². The third-order valence-electron chi connectivity index (χ3n) is 3.28. The number of nitrogens with one attached hydrogen (secondary N) is 1. The number of esters is 1. The molecule has 5 nitrogen and oxygen atoms in total. The predicted octanol–water partition coefficient (Wildman–Crippen LogP) is 0.798. The van der Waals surface area contributed by atoms with Crippen molar-refractivity contribution in [2.45, 2.75) is 13.5 Å². The Morgan fingerprint density at radius 3 is 2.85 bits per heavy atom. The van der Waals surface area contributed by atoms with Crippen molar-refractivity contribution in [2.24, 2.45) is 5.92 Å². The molecule has 1 atom stereocenters. The van der Waals surface area contributed by atoms with Crippen molar-refractivity contribution < 1.29 is 14.3 Å². The summed E-state index contributed by atoms with van der Waals surface area (Å²) in [5.74, 6) is -0.439. The molecule has 108 valence electrons. The second-order valence-corrected chi connectivity index (χ2v) is 5.08. The summed E-state index contributed by atoms with van der Waals surface area (Å²) in [5.41, 5.74) is 0.977. The molecule has 1 saturated heterocycles. The fourth-order valence-corrected chi connectivity index (χ4v) is 2.18. The lowest BCUT2D eigenvalue weighted by Crippen LogP contribution is -2.49. The van der Waals surface area contributed by atoms with E-state index < -0.39 is 0 Å². The van der Waals surface area contributed by atoms with Gasteiger partial charge in [-0.3, -0.25) is 14.5 Å². The number of amides is 1. The number of carbonyl (C=O) groups excluding carboxylic acids is 2. The van der Waals surface area contributed by atoms with Crippen LogP contribution in [0.5, 0.6) is 0 Å². The van der Waals surface area contributed by atoms with E-state index in [2.05, 4.69) is 5.32 Å². The molecule has 5 heteroatoms. The molecule has 0 aliphatic carbocycles. The van der Waals surface area contributed by atoms with Gasteiger partial charge in [-0.2, -0.15) is 0 Å². The molecule has 2 rings (SSSR count). The molecule has 0 saturated carbocycles. The van der Waals surface area contributed by atoms with Crippen LogP contribution in [0.1, 0.15) is 12.5 Å². The Labute approximate surface area is 118 Å². The van der Waals surface area contributed by atoms with E-state index in [0.717, 1.165) is 12.1 Å². The van der Waals surface area contributed by atoms with Gasteiger partial charge < -0.3 is 10.1 Å². The Balaban J connectivity index is 1.75. The number of rotatable bonds is 5. The summed E-state index contributed by atoms with van der Waals surface area (Å²) >= 11 is 0. The number of hydrogen-bond donors (Lipinski definition) is 1. The van der Waals surface area contributed by atoms with E-state index in [1.165, 1.54) is 0 Å². The largest absolute Gasteiger partial charge is 0.461 e. The average Bonchev–Trinajstić information content (AvgIpc) is 2.46. The molecule has 20 heavy (non-hydrogen) atoms. The smallest absolute Gasteiger partial charge is 0.310 e. The van der Waals surface area contributed by atoms with Crippen molar-refractivity contribution >= 4 is 11.9 Å².